The first-order valence-corrected chi connectivity index (χ1v) is 11.0. The normalized spacial score (nSPS) is 10.8. The third-order valence-electron chi connectivity index (χ3n) is 4.42. The molecule has 5 aromatic rings. The number of aromatic nitrogens is 5. The van der Waals surface area contributed by atoms with Gasteiger partial charge in [-0.25, -0.2) is 4.98 Å². The monoisotopic (exact) mass is 555 g/mol. The molecule has 3 aromatic heterocycles. The van der Waals surface area contributed by atoms with Crippen molar-refractivity contribution in [3.8, 4) is 11.5 Å². The van der Waals surface area contributed by atoms with Crippen LogP contribution in [-0.2, 0) is 25.8 Å². The van der Waals surface area contributed by atoms with Crippen LogP contribution in [-0.4, -0.2) is 19.3 Å². The Morgan fingerprint density at radius 1 is 0.963 bits per heavy atom. The van der Waals surface area contributed by atoms with Gasteiger partial charge in [0, 0.05) is 21.6 Å². The van der Waals surface area contributed by atoms with E-state index in [9.17, 15) is 0 Å². The summed E-state index contributed by atoms with van der Waals surface area (Å²) in [6.45, 7) is 0. The van der Waals surface area contributed by atoms with Crippen LogP contribution >= 0.6 is 9.42 Å². The topological polar surface area (TPSA) is 39.5 Å². The van der Waals surface area contributed by atoms with Crippen molar-refractivity contribution in [1.82, 2.24) is 19.3 Å². The molecule has 136 valence electrons. The quantitative estimate of drug-likeness (QED) is 0.246. The van der Waals surface area contributed by atoms with E-state index in [0.29, 0.717) is 0 Å². The van der Waals surface area contributed by atoms with Gasteiger partial charge < -0.3 is 4.57 Å². The van der Waals surface area contributed by atoms with Crippen molar-refractivity contribution in [1.29, 1.82) is 0 Å². The van der Waals surface area contributed by atoms with Crippen LogP contribution in [0.5, 0.6) is 0 Å². The summed E-state index contributed by atoms with van der Waals surface area (Å²) in [5, 5.41) is 6.72. The second-order valence-corrected chi connectivity index (χ2v) is 5.92. The Morgan fingerprint density at radius 3 is 2.52 bits per heavy atom. The predicted octanol–water partition coefficient (Wildman–Crippen LogP) is 3.68. The van der Waals surface area contributed by atoms with E-state index in [1.54, 1.807) is 25.0 Å². The second kappa shape index (κ2) is 7.63. The summed E-state index contributed by atoms with van der Waals surface area (Å²) in [4.78, 5) is 6.37. The standard InChI is InChI=1S/C20H15N5.ClH.Pt/c1-23-13-12-22-25(23)15-9-10-17-16-6-2-3-7-18(16)24(19(17)14-15)20-8-4-5-11-21-20;;/h2-13H,1H3;1H;/q;;+2/p-1. The van der Waals surface area contributed by atoms with Gasteiger partial charge in [-0.3, -0.25) is 0 Å². The fourth-order valence-electron chi connectivity index (χ4n) is 3.29. The number of hydrogen-bond donors (Lipinski definition) is 0. The molecule has 5 nitrogen and oxygen atoms in total. The van der Waals surface area contributed by atoms with Crippen molar-refractivity contribution in [2.24, 2.45) is 7.05 Å². The summed E-state index contributed by atoms with van der Waals surface area (Å²) in [5.74, 6) is 0.881. The van der Waals surface area contributed by atoms with Crippen LogP contribution < -0.4 is 4.80 Å². The first-order chi connectivity index (χ1) is 13.3. The van der Waals surface area contributed by atoms with E-state index < -0.39 is 0 Å². The van der Waals surface area contributed by atoms with Crippen molar-refractivity contribution in [3.05, 3.63) is 79.3 Å². The molecule has 0 atom stereocenters. The number of hydrogen-bond acceptors (Lipinski definition) is 2. The molecule has 27 heavy (non-hydrogen) atoms. The molecule has 2 aromatic carbocycles. The molecular weight excluding hydrogens is 541 g/mol. The average Bonchev–Trinajstić information content (AvgIpc) is 3.30. The van der Waals surface area contributed by atoms with Gasteiger partial charge in [-0.2, -0.15) is 6.07 Å². The molecular formula is C20H15ClN5Pt+. The molecule has 0 saturated carbocycles. The van der Waals surface area contributed by atoms with E-state index in [0.717, 1.165) is 27.9 Å². The molecule has 0 bridgehead atoms. The van der Waals surface area contributed by atoms with Crippen LogP contribution in [0, 0.1) is 6.07 Å². The number of aryl methyl sites for hydroxylation is 1. The molecule has 0 radical (unpaired) electrons. The number of benzene rings is 2. The van der Waals surface area contributed by atoms with E-state index in [1.165, 1.54) is 5.39 Å². The molecule has 0 spiro atoms. The Labute approximate surface area is 171 Å². The van der Waals surface area contributed by atoms with Gasteiger partial charge >= 0.3 is 28.2 Å². The summed E-state index contributed by atoms with van der Waals surface area (Å²) in [5.41, 5.74) is 3.00. The number of para-hydroxylation sites is 1. The number of halogens is 1. The third kappa shape index (κ3) is 3.07. The Hall–Kier alpha value is -2.49. The minimum atomic E-state index is 0.881. The van der Waals surface area contributed by atoms with Gasteiger partial charge in [0.05, 0.1) is 13.2 Å². The first-order valence-electron chi connectivity index (χ1n) is 8.22. The first kappa shape index (κ1) is 17.9. The van der Waals surface area contributed by atoms with Crippen LogP contribution in [0.25, 0.3) is 33.3 Å². The molecule has 0 aliphatic carbocycles. The Balaban J connectivity index is 0.000000872. The second-order valence-electron chi connectivity index (χ2n) is 5.92. The van der Waals surface area contributed by atoms with Gasteiger partial charge in [0.25, 0.3) is 0 Å². The zero-order valence-electron chi connectivity index (χ0n) is 14.4. The van der Waals surface area contributed by atoms with Crippen molar-refractivity contribution in [2.75, 3.05) is 0 Å². The average molecular weight is 556 g/mol. The zero-order valence-corrected chi connectivity index (χ0v) is 17.4. The summed E-state index contributed by atoms with van der Waals surface area (Å²) < 4.78 is 4.07. The van der Waals surface area contributed by atoms with Gasteiger partial charge in [0.2, 0.25) is 0 Å². The molecule has 0 N–H and O–H groups in total. The summed E-state index contributed by atoms with van der Waals surface area (Å²) in [6, 6.07) is 22.0. The number of nitrogens with zero attached hydrogens (tertiary/aromatic N) is 5. The molecule has 0 amide bonds. The van der Waals surface area contributed by atoms with E-state index in [-0.39, 0.29) is 0 Å². The Morgan fingerprint density at radius 2 is 1.78 bits per heavy atom. The molecule has 5 rings (SSSR count). The van der Waals surface area contributed by atoms with E-state index in [2.05, 4.69) is 60.5 Å². The van der Waals surface area contributed by atoms with E-state index >= 15 is 0 Å². The van der Waals surface area contributed by atoms with E-state index in [4.69, 9.17) is 0 Å². The molecule has 7 heteroatoms. The molecule has 0 unspecified atom stereocenters. The predicted molar refractivity (Wildman–Crippen MR) is 102 cm³/mol. The van der Waals surface area contributed by atoms with Gasteiger partial charge in [0.15, 0.2) is 5.69 Å². The SMILES string of the molecule is Cn1ccn[n+]1-c1[c-]c2c(cc1)c1ccccc1n2-c1ccccn1.[Cl][Pt+]. The Bertz CT molecular complexity index is 1210. The van der Waals surface area contributed by atoms with Gasteiger partial charge in [0.1, 0.15) is 12.0 Å². The summed E-state index contributed by atoms with van der Waals surface area (Å²) >= 11 is 1.61. The fourth-order valence-corrected chi connectivity index (χ4v) is 3.29. The fraction of sp³-hybridized carbons (Fsp3) is 0.0500. The van der Waals surface area contributed by atoms with Crippen LogP contribution in [0.2, 0.25) is 0 Å². The zero-order chi connectivity index (χ0) is 18.8. The van der Waals surface area contributed by atoms with Crippen molar-refractivity contribution < 1.29 is 23.6 Å². The molecule has 0 aliphatic rings. The Kier molecular flexibility index (Phi) is 5.06. The van der Waals surface area contributed by atoms with Crippen molar-refractivity contribution in [2.45, 2.75) is 0 Å². The van der Waals surface area contributed by atoms with Crippen LogP contribution in [0.1, 0.15) is 0 Å². The summed E-state index contributed by atoms with van der Waals surface area (Å²) in [6.07, 6.45) is 5.49. The van der Waals surface area contributed by atoms with Gasteiger partial charge in [-0.05, 0) is 23.6 Å². The van der Waals surface area contributed by atoms with Crippen LogP contribution in [0.3, 0.4) is 0 Å². The maximum atomic E-state index is 4.61. The molecule has 3 heterocycles. The van der Waals surface area contributed by atoms with Gasteiger partial charge in [-0.15, -0.1) is 10.1 Å². The van der Waals surface area contributed by atoms with E-state index in [1.807, 2.05) is 53.2 Å². The number of fused-ring (bicyclic) bond motifs is 3. The molecule has 0 fully saturated rings. The van der Waals surface area contributed by atoms with Crippen LogP contribution in [0.4, 0.5) is 0 Å². The summed E-state index contributed by atoms with van der Waals surface area (Å²) in [7, 11) is 6.57. The van der Waals surface area contributed by atoms with Crippen molar-refractivity contribution in [3.63, 3.8) is 0 Å². The number of pyridine rings is 1. The minimum absolute atomic E-state index is 0.881. The van der Waals surface area contributed by atoms with Crippen LogP contribution in [0.15, 0.2) is 73.2 Å². The molecule has 0 saturated heterocycles. The third-order valence-corrected chi connectivity index (χ3v) is 4.42. The molecule has 0 aliphatic heterocycles. The maximum absolute atomic E-state index is 4.61. The number of rotatable bonds is 2. The van der Waals surface area contributed by atoms with Crippen molar-refractivity contribution >= 4 is 31.2 Å². The van der Waals surface area contributed by atoms with Gasteiger partial charge in [-0.1, -0.05) is 41.9 Å².